The van der Waals surface area contributed by atoms with E-state index in [0.717, 1.165) is 16.8 Å². The van der Waals surface area contributed by atoms with E-state index in [1.54, 1.807) is 11.0 Å². The highest BCUT2D eigenvalue weighted by Crippen LogP contribution is 2.20. The Morgan fingerprint density at radius 1 is 1.00 bits per heavy atom. The lowest BCUT2D eigenvalue weighted by Crippen LogP contribution is -2.46. The summed E-state index contributed by atoms with van der Waals surface area (Å²) < 4.78 is 5.41. The molecule has 1 amide bonds. The normalized spacial score (nSPS) is 11.3. The van der Waals surface area contributed by atoms with Crippen molar-refractivity contribution < 1.29 is 14.3 Å². The first-order valence-corrected chi connectivity index (χ1v) is 9.63. The minimum Gasteiger partial charge on any atom is -0.452 e. The number of fused-ring (bicyclic) bond motifs is 1. The minimum absolute atomic E-state index is 0.232. The molecule has 5 heteroatoms. The Kier molecular flexibility index (Phi) is 5.97. The summed E-state index contributed by atoms with van der Waals surface area (Å²) >= 11 is 0. The molecular formula is C24H26N2O3. The number of hydrogen-bond donors (Lipinski definition) is 0. The Morgan fingerprint density at radius 3 is 2.34 bits per heavy atom. The van der Waals surface area contributed by atoms with Crippen molar-refractivity contribution in [1.82, 2.24) is 9.88 Å². The van der Waals surface area contributed by atoms with Crippen molar-refractivity contribution in [2.45, 2.75) is 39.8 Å². The molecule has 0 radical (unpaired) electrons. The molecule has 0 unspecified atom stereocenters. The summed E-state index contributed by atoms with van der Waals surface area (Å²) in [5, 5.41) is 0.715. The molecule has 5 nitrogen and oxygen atoms in total. The van der Waals surface area contributed by atoms with E-state index in [-0.39, 0.29) is 12.5 Å². The van der Waals surface area contributed by atoms with Gasteiger partial charge < -0.3 is 9.64 Å². The number of rotatable bonds is 5. The maximum absolute atomic E-state index is 12.9. The minimum atomic E-state index is -0.520. The number of aryl methyl sites for hydroxylation is 1. The Bertz CT molecular complexity index is 1020. The first-order chi connectivity index (χ1) is 13.8. The van der Waals surface area contributed by atoms with E-state index in [0.29, 0.717) is 17.5 Å². The van der Waals surface area contributed by atoms with Crippen LogP contribution in [0.25, 0.3) is 10.9 Å². The van der Waals surface area contributed by atoms with E-state index in [2.05, 4.69) is 4.98 Å². The van der Waals surface area contributed by atoms with Gasteiger partial charge in [-0.25, -0.2) is 4.79 Å². The molecule has 29 heavy (non-hydrogen) atoms. The molecule has 0 aliphatic rings. The molecule has 1 heterocycles. The van der Waals surface area contributed by atoms with Crippen molar-refractivity contribution in [3.63, 3.8) is 0 Å². The molecule has 0 atom stereocenters. The lowest BCUT2D eigenvalue weighted by molar-refractivity contribution is -0.140. The van der Waals surface area contributed by atoms with Crippen LogP contribution in [0, 0.1) is 6.92 Å². The predicted molar refractivity (Wildman–Crippen MR) is 114 cm³/mol. The number of nitrogens with zero attached hydrogens (tertiary/aromatic N) is 2. The van der Waals surface area contributed by atoms with Crippen molar-refractivity contribution in [2.24, 2.45) is 0 Å². The molecule has 0 saturated heterocycles. The van der Waals surface area contributed by atoms with Crippen LogP contribution in [0.4, 0.5) is 0 Å². The van der Waals surface area contributed by atoms with Crippen LogP contribution >= 0.6 is 0 Å². The maximum Gasteiger partial charge on any atom is 0.339 e. The molecule has 0 aliphatic carbocycles. The van der Waals surface area contributed by atoms with Gasteiger partial charge in [-0.1, -0.05) is 48.5 Å². The first-order valence-electron chi connectivity index (χ1n) is 9.63. The largest absolute Gasteiger partial charge is 0.452 e. The zero-order chi connectivity index (χ0) is 21.0. The summed E-state index contributed by atoms with van der Waals surface area (Å²) in [6.45, 7) is 7.88. The van der Waals surface area contributed by atoms with Crippen molar-refractivity contribution in [3.05, 3.63) is 77.5 Å². The predicted octanol–water partition coefficient (Wildman–Crippen LogP) is 4.53. The van der Waals surface area contributed by atoms with Crippen LogP contribution in [0.15, 0.2) is 60.7 Å². The molecule has 0 aliphatic heterocycles. The summed E-state index contributed by atoms with van der Waals surface area (Å²) in [5.74, 6) is -0.751. The average molecular weight is 390 g/mol. The molecule has 3 aromatic rings. The maximum atomic E-state index is 12.9. The number of pyridine rings is 1. The fraction of sp³-hybridized carbons (Fsp3) is 0.292. The molecule has 0 bridgehead atoms. The number of carbonyl (C=O) groups excluding carboxylic acids is 2. The monoisotopic (exact) mass is 390 g/mol. The quantitative estimate of drug-likeness (QED) is 0.601. The van der Waals surface area contributed by atoms with E-state index in [9.17, 15) is 9.59 Å². The number of para-hydroxylation sites is 1. The number of aromatic nitrogens is 1. The summed E-state index contributed by atoms with van der Waals surface area (Å²) in [5.41, 5.74) is 2.50. The fourth-order valence-corrected chi connectivity index (χ4v) is 3.23. The SMILES string of the molecule is Cc1cc(C(=O)OCC(=O)N(Cc2ccccc2)C(C)(C)C)c2ccccc2n1. The molecule has 0 fully saturated rings. The average Bonchev–Trinajstić information content (AvgIpc) is 2.69. The number of amides is 1. The second-order valence-corrected chi connectivity index (χ2v) is 8.04. The lowest BCUT2D eigenvalue weighted by Gasteiger charge is -2.35. The fourth-order valence-electron chi connectivity index (χ4n) is 3.23. The van der Waals surface area contributed by atoms with Gasteiger partial charge in [-0.15, -0.1) is 0 Å². The first kappa shape index (κ1) is 20.5. The van der Waals surface area contributed by atoms with Gasteiger partial charge >= 0.3 is 5.97 Å². The third-order valence-corrected chi connectivity index (χ3v) is 4.69. The molecule has 3 rings (SSSR count). The second kappa shape index (κ2) is 8.43. The van der Waals surface area contributed by atoms with Crippen LogP contribution in [-0.2, 0) is 16.1 Å². The highest BCUT2D eigenvalue weighted by molar-refractivity contribution is 6.04. The van der Waals surface area contributed by atoms with Gasteiger partial charge in [0.1, 0.15) is 0 Å². The summed E-state index contributed by atoms with van der Waals surface area (Å²) in [6.07, 6.45) is 0. The smallest absolute Gasteiger partial charge is 0.339 e. The Morgan fingerprint density at radius 2 is 1.66 bits per heavy atom. The molecule has 0 spiro atoms. The number of ether oxygens (including phenoxy) is 1. The molecule has 150 valence electrons. The third-order valence-electron chi connectivity index (χ3n) is 4.69. The van der Waals surface area contributed by atoms with Crippen LogP contribution < -0.4 is 0 Å². The van der Waals surface area contributed by atoms with Crippen molar-refractivity contribution in [1.29, 1.82) is 0 Å². The van der Waals surface area contributed by atoms with Crippen molar-refractivity contribution in [2.75, 3.05) is 6.61 Å². The van der Waals surface area contributed by atoms with E-state index >= 15 is 0 Å². The number of carbonyl (C=O) groups is 2. The van der Waals surface area contributed by atoms with Crippen LogP contribution in [-0.4, -0.2) is 33.9 Å². The highest BCUT2D eigenvalue weighted by Gasteiger charge is 2.27. The second-order valence-electron chi connectivity index (χ2n) is 8.04. The summed E-state index contributed by atoms with van der Waals surface area (Å²) in [7, 11) is 0. The summed E-state index contributed by atoms with van der Waals surface area (Å²) in [6, 6.07) is 18.9. The van der Waals surface area contributed by atoms with E-state index in [4.69, 9.17) is 4.74 Å². The molecule has 1 aromatic heterocycles. The van der Waals surface area contributed by atoms with E-state index in [1.165, 1.54) is 0 Å². The molecule has 0 N–H and O–H groups in total. The van der Waals surface area contributed by atoms with E-state index in [1.807, 2.05) is 82.3 Å². The summed E-state index contributed by atoms with van der Waals surface area (Å²) in [4.78, 5) is 31.8. The lowest BCUT2D eigenvalue weighted by atomic mass is 10.0. The van der Waals surface area contributed by atoms with Gasteiger partial charge in [0.15, 0.2) is 6.61 Å². The van der Waals surface area contributed by atoms with Crippen LogP contribution in [0.2, 0.25) is 0 Å². The standard InChI is InChI=1S/C24H26N2O3/c1-17-14-20(19-12-8-9-13-21(19)25-17)23(28)29-16-22(27)26(24(2,3)4)15-18-10-6-5-7-11-18/h5-14H,15-16H2,1-4H3. The molecular weight excluding hydrogens is 364 g/mol. The van der Waals surface area contributed by atoms with Crippen molar-refractivity contribution >= 4 is 22.8 Å². The number of esters is 1. The number of benzene rings is 2. The van der Waals surface area contributed by atoms with Gasteiger partial charge in [-0.2, -0.15) is 0 Å². The Balaban J connectivity index is 1.75. The topological polar surface area (TPSA) is 59.5 Å². The highest BCUT2D eigenvalue weighted by atomic mass is 16.5. The van der Waals surface area contributed by atoms with Gasteiger partial charge in [0, 0.05) is 23.2 Å². The Labute approximate surface area is 171 Å². The van der Waals surface area contributed by atoms with Gasteiger partial charge in [0.05, 0.1) is 11.1 Å². The molecule has 2 aromatic carbocycles. The Hall–Kier alpha value is -3.21. The van der Waals surface area contributed by atoms with Crippen LogP contribution in [0.3, 0.4) is 0 Å². The van der Waals surface area contributed by atoms with Crippen LogP contribution in [0.1, 0.15) is 42.4 Å². The molecule has 0 saturated carbocycles. The van der Waals surface area contributed by atoms with Gasteiger partial charge in [-0.05, 0) is 45.4 Å². The zero-order valence-electron chi connectivity index (χ0n) is 17.3. The third kappa shape index (κ3) is 4.99. The van der Waals surface area contributed by atoms with Crippen molar-refractivity contribution in [3.8, 4) is 0 Å². The van der Waals surface area contributed by atoms with Crippen LogP contribution in [0.5, 0.6) is 0 Å². The van der Waals surface area contributed by atoms with Gasteiger partial charge in [0.2, 0.25) is 0 Å². The van der Waals surface area contributed by atoms with Gasteiger partial charge in [-0.3, -0.25) is 9.78 Å². The number of hydrogen-bond acceptors (Lipinski definition) is 4. The van der Waals surface area contributed by atoms with E-state index < -0.39 is 11.5 Å². The van der Waals surface area contributed by atoms with Gasteiger partial charge in [0.25, 0.3) is 5.91 Å². The zero-order valence-corrected chi connectivity index (χ0v) is 17.3.